The van der Waals surface area contributed by atoms with Gasteiger partial charge in [-0.3, -0.25) is 37.3 Å². The number of hydrogen-bond donors (Lipinski definition) is 3. The summed E-state index contributed by atoms with van der Waals surface area (Å²) in [5.41, 5.74) is 0. The summed E-state index contributed by atoms with van der Waals surface area (Å²) < 4.78 is 68.4. The van der Waals surface area contributed by atoms with E-state index in [1.54, 1.807) is 0 Å². The van der Waals surface area contributed by atoms with Crippen LogP contribution in [0.1, 0.15) is 362 Å². The number of esters is 4. The molecule has 0 rings (SSSR count). The zero-order valence-corrected chi connectivity index (χ0v) is 61.7. The fraction of sp³-hybridized carbons (Fsp3) is 0.892. The van der Waals surface area contributed by atoms with E-state index in [9.17, 15) is 43.2 Å². The van der Waals surface area contributed by atoms with Gasteiger partial charge in [0, 0.05) is 25.7 Å². The lowest BCUT2D eigenvalue weighted by atomic mass is 10.0. The van der Waals surface area contributed by atoms with Crippen molar-refractivity contribution < 1.29 is 80.2 Å². The Morgan fingerprint density at radius 2 is 0.581 bits per heavy atom. The molecule has 2 unspecified atom stereocenters. The van der Waals surface area contributed by atoms with E-state index in [0.717, 1.165) is 109 Å². The van der Waals surface area contributed by atoms with Crippen LogP contribution in [0.2, 0.25) is 0 Å². The Morgan fingerprint density at radius 3 is 0.882 bits per heavy atom. The Kier molecular flexibility index (Phi) is 65.0. The average molecular weight is 1360 g/mol. The Morgan fingerprint density at radius 1 is 0.333 bits per heavy atom. The molecule has 0 bridgehead atoms. The van der Waals surface area contributed by atoms with Gasteiger partial charge in [0.1, 0.15) is 19.3 Å². The van der Waals surface area contributed by atoms with E-state index in [1.807, 2.05) is 0 Å². The first kappa shape index (κ1) is 90.5. The van der Waals surface area contributed by atoms with Crippen molar-refractivity contribution in [3.63, 3.8) is 0 Å². The Bertz CT molecular complexity index is 1880. The molecule has 0 heterocycles. The quantitative estimate of drug-likeness (QED) is 0.0169. The first-order chi connectivity index (χ1) is 45.0. The van der Waals surface area contributed by atoms with E-state index in [1.165, 1.54) is 173 Å². The van der Waals surface area contributed by atoms with E-state index < -0.39 is 97.5 Å². The lowest BCUT2D eigenvalue weighted by Crippen LogP contribution is -2.30. The van der Waals surface area contributed by atoms with Crippen molar-refractivity contribution in [3.05, 3.63) is 24.3 Å². The number of ether oxygens (including phenoxy) is 4. The van der Waals surface area contributed by atoms with E-state index in [0.29, 0.717) is 25.7 Å². The summed E-state index contributed by atoms with van der Waals surface area (Å²) in [5.74, 6) is -1.42. The van der Waals surface area contributed by atoms with E-state index in [-0.39, 0.29) is 25.7 Å². The van der Waals surface area contributed by atoms with Crippen LogP contribution in [-0.4, -0.2) is 96.7 Å². The third-order valence-corrected chi connectivity index (χ3v) is 18.6. The number of phosphoric acid groups is 2. The summed E-state index contributed by atoms with van der Waals surface area (Å²) in [6, 6.07) is 0. The monoisotopic (exact) mass is 1360 g/mol. The molecule has 548 valence electrons. The van der Waals surface area contributed by atoms with Gasteiger partial charge >= 0.3 is 39.5 Å². The van der Waals surface area contributed by atoms with Crippen molar-refractivity contribution in [3.8, 4) is 0 Å². The smallest absolute Gasteiger partial charge is 0.462 e. The largest absolute Gasteiger partial charge is 0.472 e. The summed E-state index contributed by atoms with van der Waals surface area (Å²) in [6.45, 7) is 7.18. The molecule has 0 saturated heterocycles. The maximum absolute atomic E-state index is 13.1. The van der Waals surface area contributed by atoms with Gasteiger partial charge in [0.05, 0.1) is 26.4 Å². The molecule has 0 aromatic rings. The highest BCUT2D eigenvalue weighted by molar-refractivity contribution is 7.47. The minimum Gasteiger partial charge on any atom is -0.462 e. The second kappa shape index (κ2) is 66.8. The van der Waals surface area contributed by atoms with Crippen LogP contribution in [0.25, 0.3) is 0 Å². The first-order valence-electron chi connectivity index (χ1n) is 38.0. The summed E-state index contributed by atoms with van der Waals surface area (Å²) in [5, 5.41) is 10.6. The van der Waals surface area contributed by atoms with Gasteiger partial charge in [-0.15, -0.1) is 0 Å². The van der Waals surface area contributed by atoms with Crippen LogP contribution in [0.15, 0.2) is 24.3 Å². The molecule has 0 aromatic carbocycles. The lowest BCUT2D eigenvalue weighted by molar-refractivity contribution is -0.161. The molecule has 5 atom stereocenters. The molecule has 0 aromatic heterocycles. The molecule has 0 aliphatic heterocycles. The van der Waals surface area contributed by atoms with Gasteiger partial charge in [-0.1, -0.05) is 309 Å². The molecule has 0 saturated carbocycles. The number of unbranched alkanes of at least 4 members (excludes halogenated alkanes) is 41. The maximum atomic E-state index is 13.1. The van der Waals surface area contributed by atoms with Crippen molar-refractivity contribution in [1.29, 1.82) is 0 Å². The summed E-state index contributed by atoms with van der Waals surface area (Å²) in [7, 11) is -9.92. The van der Waals surface area contributed by atoms with Crippen LogP contribution in [0.4, 0.5) is 0 Å². The van der Waals surface area contributed by atoms with Gasteiger partial charge in [-0.25, -0.2) is 9.13 Å². The highest BCUT2D eigenvalue weighted by atomic mass is 31.2. The zero-order chi connectivity index (χ0) is 68.4. The molecular weight excluding hydrogens is 1220 g/mol. The molecule has 0 amide bonds. The summed E-state index contributed by atoms with van der Waals surface area (Å²) >= 11 is 0. The second-order valence-electron chi connectivity index (χ2n) is 26.5. The minimum absolute atomic E-state index is 0.0856. The van der Waals surface area contributed by atoms with Gasteiger partial charge in [0.15, 0.2) is 12.2 Å². The van der Waals surface area contributed by atoms with Gasteiger partial charge in [-0.05, 0) is 57.3 Å². The first-order valence-corrected chi connectivity index (χ1v) is 40.9. The molecule has 0 aliphatic carbocycles. The van der Waals surface area contributed by atoms with Crippen molar-refractivity contribution in [2.24, 2.45) is 5.92 Å². The van der Waals surface area contributed by atoms with Gasteiger partial charge in [-0.2, -0.15) is 0 Å². The zero-order valence-electron chi connectivity index (χ0n) is 59.9. The molecule has 19 heteroatoms. The number of hydrogen-bond acceptors (Lipinski definition) is 15. The van der Waals surface area contributed by atoms with Crippen LogP contribution in [0, 0.1) is 5.92 Å². The second-order valence-corrected chi connectivity index (χ2v) is 29.4. The Labute approximate surface area is 567 Å². The summed E-state index contributed by atoms with van der Waals surface area (Å²) in [6.07, 6.45) is 57.6. The molecule has 0 aliphatic rings. The molecule has 3 N–H and O–H groups in total. The number of aliphatic hydroxyl groups excluding tert-OH is 1. The molecule has 93 heavy (non-hydrogen) atoms. The van der Waals surface area contributed by atoms with Crippen molar-refractivity contribution >= 4 is 39.5 Å². The molecule has 17 nitrogen and oxygen atoms in total. The highest BCUT2D eigenvalue weighted by Crippen LogP contribution is 2.45. The van der Waals surface area contributed by atoms with Crippen molar-refractivity contribution in [2.75, 3.05) is 39.6 Å². The fourth-order valence-electron chi connectivity index (χ4n) is 10.8. The Hall–Kier alpha value is -2.46. The SMILES string of the molecule is CCCCCC/C=C\C=C/CCCCCCCC(=O)O[C@H](COC(=O)CCCCCCCCCCCCCCCC)COP(=O)(O)OC[C@@H](O)COP(=O)(O)OC[C@@H](COC(=O)CCCCCCCCCCC(C)C)OC(=O)CCCCCCCCCCCCCCC. The van der Waals surface area contributed by atoms with Gasteiger partial charge in [0.2, 0.25) is 0 Å². The van der Waals surface area contributed by atoms with Gasteiger partial charge in [0.25, 0.3) is 0 Å². The average Bonchev–Trinajstić information content (AvgIpc) is 1.93. The van der Waals surface area contributed by atoms with E-state index in [2.05, 4.69) is 58.9 Å². The third-order valence-electron chi connectivity index (χ3n) is 16.7. The number of carbonyl (C=O) groups is 4. The van der Waals surface area contributed by atoms with Crippen molar-refractivity contribution in [2.45, 2.75) is 380 Å². The third kappa shape index (κ3) is 67.9. The van der Waals surface area contributed by atoms with E-state index in [4.69, 9.17) is 37.0 Å². The number of aliphatic hydroxyl groups is 1. The predicted octanol–water partition coefficient (Wildman–Crippen LogP) is 21.2. The molecule has 0 spiro atoms. The highest BCUT2D eigenvalue weighted by Gasteiger charge is 2.30. The van der Waals surface area contributed by atoms with Crippen LogP contribution in [0.5, 0.6) is 0 Å². The van der Waals surface area contributed by atoms with Crippen LogP contribution < -0.4 is 0 Å². The predicted molar refractivity (Wildman–Crippen MR) is 377 cm³/mol. The van der Waals surface area contributed by atoms with Crippen LogP contribution in [0.3, 0.4) is 0 Å². The standard InChI is InChI=1S/C74H140O17P2/c1-6-9-12-15-18-21-24-27-29-32-35-38-45-50-55-60-74(79)90-69(63-84-71(76)57-52-47-42-36-33-31-28-25-22-19-16-13-10-7-2)65-88-92(80,81)86-61-68(75)62-87-93(82,83)89-66-70(64-85-72(77)58-53-48-43-40-39-41-46-51-56-67(4)5)91-73(78)59-54-49-44-37-34-30-26-23-20-17-14-11-8-3/h21,24,27,29,67-70,75H,6-20,22-23,25-26,28,30-66H2,1-5H3,(H,80,81)(H,82,83)/b24-21-,29-27-/t68-,69-,70-/m1/s1. The van der Waals surface area contributed by atoms with Crippen molar-refractivity contribution in [1.82, 2.24) is 0 Å². The van der Waals surface area contributed by atoms with E-state index >= 15 is 0 Å². The number of phosphoric ester groups is 2. The normalized spacial score (nSPS) is 14.2. The number of carbonyl (C=O) groups excluding carboxylic acids is 4. The number of rotatable bonds is 72. The lowest BCUT2D eigenvalue weighted by Gasteiger charge is -2.21. The minimum atomic E-state index is -4.96. The molecule has 0 fully saturated rings. The molecular formula is C74H140O17P2. The number of allylic oxidation sites excluding steroid dienone is 4. The molecule has 0 radical (unpaired) electrons. The summed E-state index contributed by atoms with van der Waals surface area (Å²) in [4.78, 5) is 72.7. The fourth-order valence-corrected chi connectivity index (χ4v) is 12.4. The Balaban J connectivity index is 5.29. The van der Waals surface area contributed by atoms with Gasteiger partial charge < -0.3 is 33.8 Å². The maximum Gasteiger partial charge on any atom is 0.472 e. The van der Waals surface area contributed by atoms with Crippen LogP contribution >= 0.6 is 15.6 Å². The van der Waals surface area contributed by atoms with Crippen LogP contribution in [-0.2, 0) is 65.4 Å². The topological polar surface area (TPSA) is 237 Å².